The van der Waals surface area contributed by atoms with Crippen molar-refractivity contribution in [2.75, 3.05) is 6.54 Å². The van der Waals surface area contributed by atoms with Crippen LogP contribution in [-0.2, 0) is 16.6 Å². The Labute approximate surface area is 168 Å². The minimum absolute atomic E-state index is 0.122. The topological polar surface area (TPSA) is 58.2 Å². The SMILES string of the molecule is Cc1cc(C)c(S(=O)(=O)NC(CNCc2cccc(Cl)c2)C(F)(F)F)c(C)c1. The van der Waals surface area contributed by atoms with E-state index in [1.165, 1.54) is 0 Å². The molecule has 0 fully saturated rings. The van der Waals surface area contributed by atoms with E-state index in [2.05, 4.69) is 5.32 Å². The van der Waals surface area contributed by atoms with Gasteiger partial charge in [0.05, 0.1) is 4.90 Å². The second-order valence-electron chi connectivity index (χ2n) is 6.70. The van der Waals surface area contributed by atoms with Crippen LogP contribution in [0.1, 0.15) is 22.3 Å². The third-order valence-electron chi connectivity index (χ3n) is 4.13. The standard InChI is InChI=1S/C19H22ClF3N2O2S/c1-12-7-13(2)18(14(3)8-12)28(26,27)25-17(19(21,22)23)11-24-10-15-5-4-6-16(20)9-15/h4-9,17,24-25H,10-11H2,1-3H3. The van der Waals surface area contributed by atoms with Crippen LogP contribution in [0.25, 0.3) is 0 Å². The third kappa shape index (κ3) is 5.94. The first-order chi connectivity index (χ1) is 12.9. The van der Waals surface area contributed by atoms with Crippen molar-refractivity contribution >= 4 is 21.6 Å². The van der Waals surface area contributed by atoms with Crippen LogP contribution in [0.5, 0.6) is 0 Å². The summed E-state index contributed by atoms with van der Waals surface area (Å²) >= 11 is 5.86. The summed E-state index contributed by atoms with van der Waals surface area (Å²) in [4.78, 5) is -0.123. The molecular weight excluding hydrogens is 413 g/mol. The molecule has 0 bridgehead atoms. The third-order valence-corrected chi connectivity index (χ3v) is 6.14. The first-order valence-electron chi connectivity index (χ1n) is 8.52. The van der Waals surface area contributed by atoms with Gasteiger partial charge in [0, 0.05) is 18.1 Å². The van der Waals surface area contributed by atoms with Crippen LogP contribution in [0.15, 0.2) is 41.3 Å². The van der Waals surface area contributed by atoms with Gasteiger partial charge in [0.1, 0.15) is 6.04 Å². The number of benzene rings is 2. The summed E-state index contributed by atoms with van der Waals surface area (Å²) < 4.78 is 67.4. The highest BCUT2D eigenvalue weighted by molar-refractivity contribution is 7.89. The molecule has 28 heavy (non-hydrogen) atoms. The predicted molar refractivity (Wildman–Crippen MR) is 104 cm³/mol. The lowest BCUT2D eigenvalue weighted by Crippen LogP contribution is -2.51. The van der Waals surface area contributed by atoms with Gasteiger partial charge in [0.2, 0.25) is 10.0 Å². The number of sulfonamides is 1. The Morgan fingerprint density at radius 3 is 2.21 bits per heavy atom. The van der Waals surface area contributed by atoms with Crippen molar-refractivity contribution in [3.63, 3.8) is 0 Å². The molecule has 0 aromatic heterocycles. The van der Waals surface area contributed by atoms with Gasteiger partial charge in [-0.15, -0.1) is 0 Å². The zero-order valence-electron chi connectivity index (χ0n) is 15.7. The van der Waals surface area contributed by atoms with Crippen LogP contribution in [0.4, 0.5) is 13.2 Å². The summed E-state index contributed by atoms with van der Waals surface area (Å²) in [6, 6.07) is 7.67. The molecule has 2 rings (SSSR count). The predicted octanol–water partition coefficient (Wildman–Crippen LogP) is 4.26. The Bertz CT molecular complexity index is 923. The fraction of sp³-hybridized carbons (Fsp3) is 0.368. The van der Waals surface area contributed by atoms with Gasteiger partial charge in [-0.25, -0.2) is 8.42 Å². The molecule has 0 aliphatic carbocycles. The molecule has 2 aromatic carbocycles. The van der Waals surface area contributed by atoms with Crippen molar-refractivity contribution in [3.05, 3.63) is 63.7 Å². The van der Waals surface area contributed by atoms with E-state index in [-0.39, 0.29) is 11.4 Å². The van der Waals surface area contributed by atoms with Gasteiger partial charge in [0.25, 0.3) is 0 Å². The highest BCUT2D eigenvalue weighted by Crippen LogP contribution is 2.25. The number of alkyl halides is 3. The van der Waals surface area contributed by atoms with E-state index in [9.17, 15) is 21.6 Å². The number of rotatable bonds is 7. The van der Waals surface area contributed by atoms with Gasteiger partial charge in [-0.3, -0.25) is 0 Å². The van der Waals surface area contributed by atoms with E-state index in [1.54, 1.807) is 57.2 Å². The average Bonchev–Trinajstić information content (AvgIpc) is 2.51. The van der Waals surface area contributed by atoms with Crippen molar-refractivity contribution in [1.29, 1.82) is 0 Å². The molecule has 2 N–H and O–H groups in total. The highest BCUT2D eigenvalue weighted by Gasteiger charge is 2.42. The molecule has 2 aromatic rings. The first kappa shape index (κ1) is 22.7. The Balaban J connectivity index is 2.18. The summed E-state index contributed by atoms with van der Waals surface area (Å²) in [7, 11) is -4.35. The van der Waals surface area contributed by atoms with Crippen LogP contribution in [-0.4, -0.2) is 27.2 Å². The van der Waals surface area contributed by atoms with Crippen molar-refractivity contribution < 1.29 is 21.6 Å². The summed E-state index contributed by atoms with van der Waals surface area (Å²) in [6.45, 7) is 4.43. The molecule has 0 aliphatic rings. The number of halogens is 4. The molecular formula is C19H22ClF3N2O2S. The summed E-state index contributed by atoms with van der Waals surface area (Å²) in [6.07, 6.45) is -4.75. The minimum atomic E-state index is -4.75. The largest absolute Gasteiger partial charge is 0.406 e. The molecule has 154 valence electrons. The fourth-order valence-electron chi connectivity index (χ4n) is 3.07. The number of aryl methyl sites for hydroxylation is 3. The highest BCUT2D eigenvalue weighted by atomic mass is 35.5. The Morgan fingerprint density at radius 2 is 1.68 bits per heavy atom. The maximum absolute atomic E-state index is 13.4. The molecule has 4 nitrogen and oxygen atoms in total. The van der Waals surface area contributed by atoms with Crippen LogP contribution in [0.3, 0.4) is 0 Å². The van der Waals surface area contributed by atoms with Crippen molar-refractivity contribution in [2.45, 2.75) is 44.4 Å². The van der Waals surface area contributed by atoms with Crippen molar-refractivity contribution in [3.8, 4) is 0 Å². The summed E-state index contributed by atoms with van der Waals surface area (Å²) in [5, 5.41) is 3.11. The lowest BCUT2D eigenvalue weighted by atomic mass is 10.1. The molecule has 9 heteroatoms. The molecule has 1 atom stereocenters. The van der Waals surface area contributed by atoms with Gasteiger partial charge in [0.15, 0.2) is 0 Å². The van der Waals surface area contributed by atoms with Gasteiger partial charge in [-0.1, -0.05) is 41.4 Å². The molecule has 0 aliphatic heterocycles. The lowest BCUT2D eigenvalue weighted by molar-refractivity contribution is -0.150. The smallest absolute Gasteiger partial charge is 0.311 e. The monoisotopic (exact) mass is 434 g/mol. The normalized spacial score (nSPS) is 13.5. The Kier molecular flexibility index (Phi) is 7.14. The Hall–Kier alpha value is -1.61. The van der Waals surface area contributed by atoms with Crippen LogP contribution in [0, 0.1) is 20.8 Å². The number of hydrogen-bond acceptors (Lipinski definition) is 3. The summed E-state index contributed by atoms with van der Waals surface area (Å²) in [5.74, 6) is 0. The van der Waals surface area contributed by atoms with Crippen LogP contribution in [0.2, 0.25) is 5.02 Å². The van der Waals surface area contributed by atoms with E-state index in [0.29, 0.717) is 21.7 Å². The molecule has 0 radical (unpaired) electrons. The molecule has 0 heterocycles. The molecule has 0 spiro atoms. The molecule has 1 unspecified atom stereocenters. The average molecular weight is 435 g/mol. The minimum Gasteiger partial charge on any atom is -0.311 e. The molecule has 0 amide bonds. The zero-order valence-corrected chi connectivity index (χ0v) is 17.3. The van der Waals surface area contributed by atoms with E-state index < -0.39 is 28.8 Å². The number of nitrogens with one attached hydrogen (secondary N) is 2. The van der Waals surface area contributed by atoms with Gasteiger partial charge in [-0.2, -0.15) is 17.9 Å². The van der Waals surface area contributed by atoms with Crippen LogP contribution >= 0.6 is 11.6 Å². The Morgan fingerprint density at radius 1 is 1.07 bits per heavy atom. The second kappa shape index (κ2) is 8.82. The molecule has 0 saturated carbocycles. The summed E-state index contributed by atoms with van der Waals surface area (Å²) in [5.41, 5.74) is 2.33. The van der Waals surface area contributed by atoms with E-state index in [1.807, 2.05) is 4.72 Å². The maximum Gasteiger partial charge on any atom is 0.406 e. The van der Waals surface area contributed by atoms with E-state index in [0.717, 1.165) is 5.56 Å². The fourth-order valence-corrected chi connectivity index (χ4v) is 4.96. The van der Waals surface area contributed by atoms with E-state index in [4.69, 9.17) is 11.6 Å². The zero-order chi connectivity index (χ0) is 21.1. The van der Waals surface area contributed by atoms with Crippen LogP contribution < -0.4 is 10.0 Å². The first-order valence-corrected chi connectivity index (χ1v) is 10.4. The van der Waals surface area contributed by atoms with Gasteiger partial charge >= 0.3 is 6.18 Å². The van der Waals surface area contributed by atoms with Gasteiger partial charge < -0.3 is 5.32 Å². The second-order valence-corrected chi connectivity index (χ2v) is 8.79. The quantitative estimate of drug-likeness (QED) is 0.684. The maximum atomic E-state index is 13.4. The van der Waals surface area contributed by atoms with Crippen molar-refractivity contribution in [2.24, 2.45) is 0 Å². The van der Waals surface area contributed by atoms with Gasteiger partial charge in [-0.05, 0) is 49.6 Å². The van der Waals surface area contributed by atoms with E-state index >= 15 is 0 Å². The lowest BCUT2D eigenvalue weighted by Gasteiger charge is -2.23. The number of hydrogen-bond donors (Lipinski definition) is 2. The van der Waals surface area contributed by atoms with Crippen molar-refractivity contribution in [1.82, 2.24) is 10.0 Å². The molecule has 0 saturated heterocycles.